The number of carboxylic acid groups (broad SMARTS) is 1. The second-order valence-corrected chi connectivity index (χ2v) is 7.11. The van der Waals surface area contributed by atoms with Gasteiger partial charge < -0.3 is 21.1 Å². The smallest absolute Gasteiger partial charge is 0.475 e. The minimum atomic E-state index is -5.08. The molecule has 0 bridgehead atoms. The van der Waals surface area contributed by atoms with Crippen LogP contribution in [-0.4, -0.2) is 47.1 Å². The van der Waals surface area contributed by atoms with Gasteiger partial charge in [-0.05, 0) is 50.2 Å². The summed E-state index contributed by atoms with van der Waals surface area (Å²) in [6.07, 6.45) is -2.02. The molecule has 3 rings (SSSR count). The summed E-state index contributed by atoms with van der Waals surface area (Å²) in [6, 6.07) is 10.2. The van der Waals surface area contributed by atoms with E-state index in [0.29, 0.717) is 22.1 Å². The molecular weight excluding hydrogens is 453 g/mol. The first-order valence-corrected chi connectivity index (χ1v) is 9.79. The molecule has 4 N–H and O–H groups in total. The number of carbonyl (C=O) groups is 3. The second kappa shape index (κ2) is 11.4. The van der Waals surface area contributed by atoms with Crippen LogP contribution in [0.2, 0.25) is 5.02 Å². The minimum absolute atomic E-state index is 0.0321. The maximum absolute atomic E-state index is 12.5. The first-order valence-electron chi connectivity index (χ1n) is 9.41. The zero-order valence-electron chi connectivity index (χ0n) is 16.6. The van der Waals surface area contributed by atoms with Crippen molar-refractivity contribution in [1.29, 1.82) is 0 Å². The lowest BCUT2D eigenvalue weighted by Gasteiger charge is -2.22. The number of aromatic nitrogens is 1. The van der Waals surface area contributed by atoms with Crippen LogP contribution in [-0.2, 0) is 9.59 Å². The Morgan fingerprint density at radius 2 is 1.69 bits per heavy atom. The number of rotatable bonds is 4. The van der Waals surface area contributed by atoms with Crippen molar-refractivity contribution in [1.82, 2.24) is 10.3 Å². The van der Waals surface area contributed by atoms with Gasteiger partial charge in [0.2, 0.25) is 5.91 Å². The van der Waals surface area contributed by atoms with E-state index in [1.807, 2.05) is 0 Å². The minimum Gasteiger partial charge on any atom is -0.475 e. The van der Waals surface area contributed by atoms with Crippen LogP contribution in [0.1, 0.15) is 23.2 Å². The average molecular weight is 473 g/mol. The normalized spacial score (nSPS) is 14.0. The monoisotopic (exact) mass is 472 g/mol. The van der Waals surface area contributed by atoms with Crippen LogP contribution in [0.25, 0.3) is 0 Å². The predicted octanol–water partition coefficient (Wildman–Crippen LogP) is 3.56. The van der Waals surface area contributed by atoms with E-state index in [4.69, 9.17) is 21.5 Å². The highest BCUT2D eigenvalue weighted by atomic mass is 35.5. The highest BCUT2D eigenvalue weighted by molar-refractivity contribution is 6.30. The van der Waals surface area contributed by atoms with Gasteiger partial charge in [-0.3, -0.25) is 9.59 Å². The molecule has 8 nitrogen and oxygen atoms in total. The highest BCUT2D eigenvalue weighted by Gasteiger charge is 2.38. The van der Waals surface area contributed by atoms with E-state index in [9.17, 15) is 22.8 Å². The summed E-state index contributed by atoms with van der Waals surface area (Å²) in [7, 11) is 0. The Morgan fingerprint density at radius 3 is 2.25 bits per heavy atom. The summed E-state index contributed by atoms with van der Waals surface area (Å²) >= 11 is 5.79. The summed E-state index contributed by atoms with van der Waals surface area (Å²) < 4.78 is 31.7. The van der Waals surface area contributed by atoms with Crippen molar-refractivity contribution in [3.63, 3.8) is 0 Å². The fraction of sp³-hybridized carbons (Fsp3) is 0.300. The molecular formula is C20H20ClF3N4O4. The number of carboxylic acids is 1. The third-order valence-corrected chi connectivity index (χ3v) is 4.57. The van der Waals surface area contributed by atoms with Gasteiger partial charge in [0.1, 0.15) is 5.82 Å². The van der Waals surface area contributed by atoms with Crippen LogP contribution in [0.15, 0.2) is 42.6 Å². The van der Waals surface area contributed by atoms with Gasteiger partial charge in [0, 0.05) is 12.1 Å². The molecule has 32 heavy (non-hydrogen) atoms. The maximum atomic E-state index is 12.5. The summed E-state index contributed by atoms with van der Waals surface area (Å²) in [5.74, 6) is -2.78. The number of hydrogen-bond donors (Lipinski definition) is 4. The Kier molecular flexibility index (Phi) is 8.97. The topological polar surface area (TPSA) is 120 Å². The molecule has 2 heterocycles. The highest BCUT2D eigenvalue weighted by Crippen LogP contribution is 2.20. The largest absolute Gasteiger partial charge is 0.490 e. The molecule has 2 aromatic rings. The molecule has 0 atom stereocenters. The van der Waals surface area contributed by atoms with Crippen LogP contribution in [0.4, 0.5) is 24.7 Å². The van der Waals surface area contributed by atoms with Crippen molar-refractivity contribution >= 4 is 40.9 Å². The quantitative estimate of drug-likeness (QED) is 0.540. The molecule has 1 aromatic carbocycles. The van der Waals surface area contributed by atoms with Gasteiger partial charge in [0.05, 0.1) is 16.3 Å². The van der Waals surface area contributed by atoms with Gasteiger partial charge in [0.15, 0.2) is 0 Å². The summed E-state index contributed by atoms with van der Waals surface area (Å²) in [5, 5.41) is 16.4. The number of amides is 2. The molecule has 12 heteroatoms. The molecule has 1 aromatic heterocycles. The van der Waals surface area contributed by atoms with Crippen LogP contribution in [0.5, 0.6) is 0 Å². The SMILES string of the molecule is O=C(Nc1ccc(Cl)cn1)c1ccccc1NC(=O)C1CCNCC1.O=C(O)C(F)(F)F. The summed E-state index contributed by atoms with van der Waals surface area (Å²) in [6.45, 7) is 1.67. The standard InChI is InChI=1S/C18H19ClN4O2.C2HF3O2/c19-13-5-6-16(21-11-13)23-18(25)14-3-1-2-4-15(14)22-17(24)12-7-9-20-10-8-12;3-2(4,5)1(6)7/h1-6,11-12,20H,7-10H2,(H,22,24)(H,21,23,25);(H,6,7). The van der Waals surface area contributed by atoms with E-state index in [2.05, 4.69) is 20.9 Å². The number of alkyl halides is 3. The maximum Gasteiger partial charge on any atom is 0.490 e. The van der Waals surface area contributed by atoms with Gasteiger partial charge in [-0.1, -0.05) is 23.7 Å². The van der Waals surface area contributed by atoms with Gasteiger partial charge in [-0.25, -0.2) is 9.78 Å². The molecule has 172 valence electrons. The number of nitrogens with one attached hydrogen (secondary N) is 3. The molecule has 2 amide bonds. The number of aliphatic carboxylic acids is 1. The fourth-order valence-corrected chi connectivity index (χ4v) is 2.85. The second-order valence-electron chi connectivity index (χ2n) is 6.68. The Labute approximate surface area is 186 Å². The lowest BCUT2D eigenvalue weighted by atomic mass is 9.97. The zero-order valence-corrected chi connectivity index (χ0v) is 17.3. The third-order valence-electron chi connectivity index (χ3n) is 4.35. The number of piperidine rings is 1. The molecule has 1 aliphatic heterocycles. The van der Waals surface area contributed by atoms with Crippen LogP contribution < -0.4 is 16.0 Å². The molecule has 1 fully saturated rings. The molecule has 0 radical (unpaired) electrons. The fourth-order valence-electron chi connectivity index (χ4n) is 2.74. The number of nitrogens with zero attached hydrogens (tertiary/aromatic N) is 1. The Hall–Kier alpha value is -3.18. The third kappa shape index (κ3) is 7.82. The number of benzene rings is 1. The van der Waals surface area contributed by atoms with E-state index < -0.39 is 12.1 Å². The average Bonchev–Trinajstić information content (AvgIpc) is 2.76. The summed E-state index contributed by atoms with van der Waals surface area (Å²) in [4.78, 5) is 37.9. The number of halogens is 4. The Morgan fingerprint density at radius 1 is 1.06 bits per heavy atom. The van der Waals surface area contributed by atoms with Crippen molar-refractivity contribution in [2.75, 3.05) is 23.7 Å². The van der Waals surface area contributed by atoms with Crippen molar-refractivity contribution < 1.29 is 32.7 Å². The first-order chi connectivity index (χ1) is 15.1. The van der Waals surface area contributed by atoms with E-state index in [1.165, 1.54) is 6.20 Å². The predicted molar refractivity (Wildman–Crippen MR) is 112 cm³/mol. The number of para-hydroxylation sites is 1. The van der Waals surface area contributed by atoms with Crippen molar-refractivity contribution in [3.8, 4) is 0 Å². The van der Waals surface area contributed by atoms with Crippen molar-refractivity contribution in [2.24, 2.45) is 5.92 Å². The van der Waals surface area contributed by atoms with Crippen molar-refractivity contribution in [3.05, 3.63) is 53.2 Å². The van der Waals surface area contributed by atoms with Gasteiger partial charge in [-0.15, -0.1) is 0 Å². The molecule has 1 aliphatic rings. The number of anilines is 2. The first kappa shape index (κ1) is 25.1. The van der Waals surface area contributed by atoms with E-state index in [-0.39, 0.29) is 17.7 Å². The van der Waals surface area contributed by atoms with Crippen LogP contribution in [0.3, 0.4) is 0 Å². The molecule has 0 unspecified atom stereocenters. The van der Waals surface area contributed by atoms with Crippen LogP contribution in [0, 0.1) is 5.92 Å². The van der Waals surface area contributed by atoms with Gasteiger partial charge >= 0.3 is 12.1 Å². The van der Waals surface area contributed by atoms with E-state index >= 15 is 0 Å². The molecule has 1 saturated heterocycles. The Balaban J connectivity index is 0.000000451. The lowest BCUT2D eigenvalue weighted by molar-refractivity contribution is -0.192. The lowest BCUT2D eigenvalue weighted by Crippen LogP contribution is -2.35. The number of pyridine rings is 1. The van der Waals surface area contributed by atoms with E-state index in [1.54, 1.807) is 36.4 Å². The zero-order chi connectivity index (χ0) is 23.7. The Bertz CT molecular complexity index is 949. The van der Waals surface area contributed by atoms with E-state index in [0.717, 1.165) is 25.9 Å². The number of carbonyl (C=O) groups excluding carboxylic acids is 2. The summed E-state index contributed by atoms with van der Waals surface area (Å²) in [5.41, 5.74) is 0.888. The number of hydrogen-bond acceptors (Lipinski definition) is 5. The van der Waals surface area contributed by atoms with Crippen LogP contribution >= 0.6 is 11.6 Å². The van der Waals surface area contributed by atoms with Gasteiger partial charge in [0.25, 0.3) is 5.91 Å². The van der Waals surface area contributed by atoms with Crippen molar-refractivity contribution in [2.45, 2.75) is 19.0 Å². The van der Waals surface area contributed by atoms with Gasteiger partial charge in [-0.2, -0.15) is 13.2 Å². The molecule has 0 aliphatic carbocycles. The molecule has 0 saturated carbocycles. The molecule has 0 spiro atoms.